The highest BCUT2D eigenvalue weighted by atomic mass is 16.5. The summed E-state index contributed by atoms with van der Waals surface area (Å²) in [5.74, 6) is -0.419. The molecule has 0 bridgehead atoms. The SMILES string of the molecule is CC(C)OC(=O)c1ccc(NC(=O)CN2CCn3cccc3[C@H]2C)cc1. The number of hydrogen-bond donors (Lipinski definition) is 1. The average Bonchev–Trinajstić information content (AvgIpc) is 3.07. The number of aromatic nitrogens is 1. The highest BCUT2D eigenvalue weighted by Crippen LogP contribution is 2.24. The Labute approximate surface area is 153 Å². The Morgan fingerprint density at radius 3 is 2.62 bits per heavy atom. The van der Waals surface area contributed by atoms with Gasteiger partial charge in [-0.05, 0) is 57.2 Å². The van der Waals surface area contributed by atoms with Crippen molar-refractivity contribution in [2.75, 3.05) is 18.4 Å². The van der Waals surface area contributed by atoms with E-state index in [1.807, 2.05) is 19.9 Å². The van der Waals surface area contributed by atoms with Crippen LogP contribution in [0, 0.1) is 0 Å². The van der Waals surface area contributed by atoms with Gasteiger partial charge in [0.25, 0.3) is 0 Å². The minimum atomic E-state index is -0.358. The Morgan fingerprint density at radius 2 is 1.92 bits per heavy atom. The molecule has 1 aromatic carbocycles. The maximum Gasteiger partial charge on any atom is 0.338 e. The van der Waals surface area contributed by atoms with E-state index in [0.29, 0.717) is 17.8 Å². The summed E-state index contributed by atoms with van der Waals surface area (Å²) in [7, 11) is 0. The van der Waals surface area contributed by atoms with Crippen LogP contribution < -0.4 is 5.32 Å². The Balaban J connectivity index is 1.56. The van der Waals surface area contributed by atoms with Gasteiger partial charge in [0.2, 0.25) is 5.91 Å². The van der Waals surface area contributed by atoms with E-state index in [4.69, 9.17) is 4.74 Å². The molecule has 1 amide bonds. The van der Waals surface area contributed by atoms with Crippen LogP contribution in [0.25, 0.3) is 0 Å². The summed E-state index contributed by atoms with van der Waals surface area (Å²) in [6, 6.07) is 11.1. The summed E-state index contributed by atoms with van der Waals surface area (Å²) in [5.41, 5.74) is 2.38. The number of esters is 1. The largest absolute Gasteiger partial charge is 0.459 e. The van der Waals surface area contributed by atoms with Crippen LogP contribution in [0.3, 0.4) is 0 Å². The normalized spacial score (nSPS) is 17.0. The molecular formula is C20H25N3O3. The van der Waals surface area contributed by atoms with Gasteiger partial charge < -0.3 is 14.6 Å². The lowest BCUT2D eigenvalue weighted by atomic mass is 10.1. The second kappa shape index (κ2) is 7.74. The standard InChI is InChI=1S/C20H25N3O3/c1-14(2)26-20(25)16-6-8-17(9-7-16)21-19(24)13-23-12-11-22-10-4-5-18(22)15(23)3/h4-10,14-15H,11-13H2,1-3H3,(H,21,24)/t15-/m1/s1. The van der Waals surface area contributed by atoms with Gasteiger partial charge in [-0.15, -0.1) is 0 Å². The van der Waals surface area contributed by atoms with Gasteiger partial charge in [0.05, 0.1) is 18.2 Å². The molecule has 3 rings (SSSR count). The monoisotopic (exact) mass is 355 g/mol. The topological polar surface area (TPSA) is 63.6 Å². The zero-order chi connectivity index (χ0) is 18.7. The molecule has 0 saturated carbocycles. The maximum absolute atomic E-state index is 12.4. The molecule has 2 heterocycles. The Kier molecular flexibility index (Phi) is 5.42. The van der Waals surface area contributed by atoms with Crippen molar-refractivity contribution >= 4 is 17.6 Å². The van der Waals surface area contributed by atoms with Crippen molar-refractivity contribution in [2.45, 2.75) is 39.5 Å². The van der Waals surface area contributed by atoms with E-state index in [1.54, 1.807) is 24.3 Å². The molecule has 1 N–H and O–H groups in total. The van der Waals surface area contributed by atoms with Crippen LogP contribution >= 0.6 is 0 Å². The van der Waals surface area contributed by atoms with E-state index >= 15 is 0 Å². The van der Waals surface area contributed by atoms with Crippen LogP contribution in [-0.2, 0) is 16.1 Å². The van der Waals surface area contributed by atoms with Crippen LogP contribution in [-0.4, -0.2) is 40.5 Å². The maximum atomic E-state index is 12.4. The van der Waals surface area contributed by atoms with E-state index in [9.17, 15) is 9.59 Å². The second-order valence-corrected chi connectivity index (χ2v) is 6.85. The number of anilines is 1. The Hall–Kier alpha value is -2.60. The first-order valence-electron chi connectivity index (χ1n) is 8.94. The number of ether oxygens (including phenoxy) is 1. The fourth-order valence-corrected chi connectivity index (χ4v) is 3.20. The molecule has 26 heavy (non-hydrogen) atoms. The molecule has 0 radical (unpaired) electrons. The number of carbonyl (C=O) groups is 2. The van der Waals surface area contributed by atoms with Gasteiger partial charge in [-0.3, -0.25) is 9.69 Å². The quantitative estimate of drug-likeness (QED) is 0.837. The molecule has 1 atom stereocenters. The van der Waals surface area contributed by atoms with E-state index in [2.05, 4.69) is 34.0 Å². The van der Waals surface area contributed by atoms with Crippen molar-refractivity contribution in [3.05, 3.63) is 53.9 Å². The predicted octanol–water partition coefficient (Wildman–Crippen LogP) is 3.07. The molecular weight excluding hydrogens is 330 g/mol. The summed E-state index contributed by atoms with van der Waals surface area (Å²) in [6.07, 6.45) is 1.92. The first kappa shape index (κ1) is 18.2. The zero-order valence-corrected chi connectivity index (χ0v) is 15.4. The summed E-state index contributed by atoms with van der Waals surface area (Å²) < 4.78 is 7.39. The first-order chi connectivity index (χ1) is 12.4. The van der Waals surface area contributed by atoms with E-state index in [1.165, 1.54) is 5.69 Å². The molecule has 0 aliphatic carbocycles. The second-order valence-electron chi connectivity index (χ2n) is 6.85. The molecule has 1 aromatic heterocycles. The van der Waals surface area contributed by atoms with Crippen LogP contribution in [0.4, 0.5) is 5.69 Å². The molecule has 138 valence electrons. The van der Waals surface area contributed by atoms with Crippen molar-refractivity contribution in [1.82, 2.24) is 9.47 Å². The van der Waals surface area contributed by atoms with Crippen molar-refractivity contribution in [2.24, 2.45) is 0 Å². The molecule has 6 heteroatoms. The third kappa shape index (κ3) is 4.14. The van der Waals surface area contributed by atoms with E-state index in [0.717, 1.165) is 13.1 Å². The molecule has 1 aliphatic rings. The number of fused-ring (bicyclic) bond motifs is 1. The molecule has 2 aromatic rings. The summed E-state index contributed by atoms with van der Waals surface area (Å²) in [5, 5.41) is 2.89. The average molecular weight is 355 g/mol. The van der Waals surface area contributed by atoms with Gasteiger partial charge >= 0.3 is 5.97 Å². The van der Waals surface area contributed by atoms with Gasteiger partial charge in [0.15, 0.2) is 0 Å². The zero-order valence-electron chi connectivity index (χ0n) is 15.4. The van der Waals surface area contributed by atoms with Gasteiger partial charge in [-0.1, -0.05) is 0 Å². The van der Waals surface area contributed by atoms with Crippen molar-refractivity contribution in [3.8, 4) is 0 Å². The number of amides is 1. The third-order valence-corrected chi connectivity index (χ3v) is 4.56. The van der Waals surface area contributed by atoms with Gasteiger partial charge in [-0.2, -0.15) is 0 Å². The molecule has 0 unspecified atom stereocenters. The summed E-state index contributed by atoms with van der Waals surface area (Å²) >= 11 is 0. The number of nitrogens with zero attached hydrogens (tertiary/aromatic N) is 2. The summed E-state index contributed by atoms with van der Waals surface area (Å²) in [4.78, 5) is 26.4. The minimum absolute atomic E-state index is 0.0608. The lowest BCUT2D eigenvalue weighted by molar-refractivity contribution is -0.118. The van der Waals surface area contributed by atoms with Gasteiger partial charge in [0, 0.05) is 36.7 Å². The van der Waals surface area contributed by atoms with Crippen LogP contribution in [0.2, 0.25) is 0 Å². The number of benzene rings is 1. The first-order valence-corrected chi connectivity index (χ1v) is 8.94. The molecule has 0 spiro atoms. The van der Waals surface area contributed by atoms with Crippen LogP contribution in [0.5, 0.6) is 0 Å². The fourth-order valence-electron chi connectivity index (χ4n) is 3.20. The Morgan fingerprint density at radius 1 is 1.19 bits per heavy atom. The van der Waals surface area contributed by atoms with E-state index in [-0.39, 0.29) is 24.0 Å². The number of carbonyl (C=O) groups excluding carboxylic acids is 2. The molecule has 6 nitrogen and oxygen atoms in total. The van der Waals surface area contributed by atoms with E-state index < -0.39 is 0 Å². The fraction of sp³-hybridized carbons (Fsp3) is 0.400. The van der Waals surface area contributed by atoms with Crippen molar-refractivity contribution in [3.63, 3.8) is 0 Å². The molecule has 0 saturated heterocycles. The van der Waals surface area contributed by atoms with Crippen molar-refractivity contribution < 1.29 is 14.3 Å². The lowest BCUT2D eigenvalue weighted by Crippen LogP contribution is -2.41. The smallest absolute Gasteiger partial charge is 0.338 e. The number of rotatable bonds is 5. The highest BCUT2D eigenvalue weighted by Gasteiger charge is 2.25. The van der Waals surface area contributed by atoms with Crippen molar-refractivity contribution in [1.29, 1.82) is 0 Å². The lowest BCUT2D eigenvalue weighted by Gasteiger charge is -2.34. The molecule has 0 fully saturated rings. The van der Waals surface area contributed by atoms with Crippen LogP contribution in [0.15, 0.2) is 42.6 Å². The third-order valence-electron chi connectivity index (χ3n) is 4.56. The predicted molar refractivity (Wildman–Crippen MR) is 100 cm³/mol. The van der Waals surface area contributed by atoms with Gasteiger partial charge in [-0.25, -0.2) is 4.79 Å². The highest BCUT2D eigenvalue weighted by molar-refractivity contribution is 5.94. The van der Waals surface area contributed by atoms with Gasteiger partial charge in [0.1, 0.15) is 0 Å². The number of nitrogens with one attached hydrogen (secondary N) is 1. The van der Waals surface area contributed by atoms with Crippen LogP contribution in [0.1, 0.15) is 42.9 Å². The summed E-state index contributed by atoms with van der Waals surface area (Å²) in [6.45, 7) is 7.82. The Bertz CT molecular complexity index is 780. The molecule has 1 aliphatic heterocycles. The minimum Gasteiger partial charge on any atom is -0.459 e. The number of hydrogen-bond acceptors (Lipinski definition) is 4.